The Morgan fingerprint density at radius 1 is 1.61 bits per heavy atom. The standard InChI is InChI=1S/C11H20N6O/c1-3-12-11(18)9-6-8(4-5-13-9)7-10-14-16-17(2)15-10/h8-9,13H,3-7H2,1-2H3,(H,12,18). The summed E-state index contributed by atoms with van der Waals surface area (Å²) in [7, 11) is 1.76. The molecule has 0 saturated carbocycles. The number of hydrogen-bond donors (Lipinski definition) is 2. The van der Waals surface area contributed by atoms with Gasteiger partial charge in [0, 0.05) is 13.0 Å². The van der Waals surface area contributed by atoms with Crippen LogP contribution in [0.3, 0.4) is 0 Å². The van der Waals surface area contributed by atoms with Crippen LogP contribution in [0, 0.1) is 5.92 Å². The summed E-state index contributed by atoms with van der Waals surface area (Å²) in [5.74, 6) is 1.30. The first-order valence-electron chi connectivity index (χ1n) is 6.43. The number of aromatic nitrogens is 4. The van der Waals surface area contributed by atoms with Crippen molar-refractivity contribution < 1.29 is 4.79 Å². The second kappa shape index (κ2) is 5.90. The summed E-state index contributed by atoms with van der Waals surface area (Å²) in [6.07, 6.45) is 2.68. The van der Waals surface area contributed by atoms with E-state index in [2.05, 4.69) is 26.0 Å². The van der Waals surface area contributed by atoms with E-state index in [-0.39, 0.29) is 11.9 Å². The average Bonchev–Trinajstić information content (AvgIpc) is 2.75. The molecule has 2 N–H and O–H groups in total. The summed E-state index contributed by atoms with van der Waals surface area (Å²) in [6, 6.07) is -0.0830. The number of aryl methyl sites for hydroxylation is 1. The van der Waals surface area contributed by atoms with Crippen molar-refractivity contribution in [3.8, 4) is 0 Å². The van der Waals surface area contributed by atoms with Gasteiger partial charge in [0.25, 0.3) is 0 Å². The third-order valence-corrected chi connectivity index (χ3v) is 3.20. The van der Waals surface area contributed by atoms with Crippen molar-refractivity contribution in [3.63, 3.8) is 0 Å². The van der Waals surface area contributed by atoms with Gasteiger partial charge in [-0.1, -0.05) is 0 Å². The second-order valence-electron chi connectivity index (χ2n) is 4.69. The van der Waals surface area contributed by atoms with Crippen LogP contribution in [0.25, 0.3) is 0 Å². The molecule has 1 aromatic heterocycles. The Balaban J connectivity index is 1.88. The number of rotatable bonds is 4. The van der Waals surface area contributed by atoms with Crippen LogP contribution in [0.5, 0.6) is 0 Å². The number of hydrogen-bond acceptors (Lipinski definition) is 5. The molecule has 2 unspecified atom stereocenters. The van der Waals surface area contributed by atoms with Crippen LogP contribution in [0.15, 0.2) is 0 Å². The molecule has 2 atom stereocenters. The molecule has 0 spiro atoms. The van der Waals surface area contributed by atoms with Crippen LogP contribution in [-0.4, -0.2) is 45.2 Å². The van der Waals surface area contributed by atoms with Gasteiger partial charge in [0.05, 0.1) is 13.1 Å². The maximum Gasteiger partial charge on any atom is 0.237 e. The molecule has 1 aromatic rings. The van der Waals surface area contributed by atoms with E-state index in [1.165, 1.54) is 4.80 Å². The summed E-state index contributed by atoms with van der Waals surface area (Å²) in [5.41, 5.74) is 0. The molecule has 18 heavy (non-hydrogen) atoms. The fraction of sp³-hybridized carbons (Fsp3) is 0.818. The minimum Gasteiger partial charge on any atom is -0.355 e. The van der Waals surface area contributed by atoms with Crippen molar-refractivity contribution in [1.82, 2.24) is 30.8 Å². The van der Waals surface area contributed by atoms with Gasteiger partial charge >= 0.3 is 0 Å². The zero-order valence-corrected chi connectivity index (χ0v) is 10.9. The van der Waals surface area contributed by atoms with Crippen molar-refractivity contribution >= 4 is 5.91 Å². The highest BCUT2D eigenvalue weighted by atomic mass is 16.2. The molecule has 100 valence electrons. The van der Waals surface area contributed by atoms with E-state index in [1.807, 2.05) is 6.92 Å². The quantitative estimate of drug-likeness (QED) is 0.737. The number of likely N-dealkylation sites (N-methyl/N-ethyl adjacent to an activating group) is 1. The molecule has 1 saturated heterocycles. The van der Waals surface area contributed by atoms with Gasteiger partial charge in [-0.25, -0.2) is 0 Å². The zero-order valence-electron chi connectivity index (χ0n) is 10.9. The molecular formula is C11H20N6O. The largest absolute Gasteiger partial charge is 0.355 e. The molecule has 0 aliphatic carbocycles. The fourth-order valence-corrected chi connectivity index (χ4v) is 2.34. The molecule has 7 heteroatoms. The monoisotopic (exact) mass is 252 g/mol. The van der Waals surface area contributed by atoms with Gasteiger partial charge in [0.1, 0.15) is 0 Å². The van der Waals surface area contributed by atoms with Gasteiger partial charge in [0.15, 0.2) is 5.82 Å². The molecule has 1 fully saturated rings. The van der Waals surface area contributed by atoms with E-state index < -0.39 is 0 Å². The highest BCUT2D eigenvalue weighted by molar-refractivity contribution is 5.81. The van der Waals surface area contributed by atoms with E-state index in [4.69, 9.17) is 0 Å². The third kappa shape index (κ3) is 3.25. The number of tetrazole rings is 1. The minimum absolute atomic E-state index is 0.0830. The van der Waals surface area contributed by atoms with Gasteiger partial charge in [-0.15, -0.1) is 10.2 Å². The van der Waals surface area contributed by atoms with Crippen molar-refractivity contribution in [3.05, 3.63) is 5.82 Å². The number of nitrogens with one attached hydrogen (secondary N) is 2. The Kier molecular flexibility index (Phi) is 4.24. The SMILES string of the molecule is CCNC(=O)C1CC(Cc2nnn(C)n2)CCN1. The Morgan fingerprint density at radius 2 is 2.44 bits per heavy atom. The Morgan fingerprint density at radius 3 is 3.11 bits per heavy atom. The smallest absolute Gasteiger partial charge is 0.237 e. The highest BCUT2D eigenvalue weighted by Crippen LogP contribution is 2.19. The first-order valence-corrected chi connectivity index (χ1v) is 6.43. The molecule has 1 aliphatic heterocycles. The van der Waals surface area contributed by atoms with Gasteiger partial charge < -0.3 is 10.6 Å². The van der Waals surface area contributed by atoms with E-state index >= 15 is 0 Å². The Bertz CT molecular complexity index is 404. The number of piperidine rings is 1. The Hall–Kier alpha value is -1.50. The second-order valence-corrected chi connectivity index (χ2v) is 4.69. The Labute approximate surface area is 106 Å². The number of carbonyl (C=O) groups is 1. The van der Waals surface area contributed by atoms with Crippen LogP contribution in [0.2, 0.25) is 0 Å². The maximum atomic E-state index is 11.8. The lowest BCUT2D eigenvalue weighted by molar-refractivity contribution is -0.123. The van der Waals surface area contributed by atoms with Crippen LogP contribution in [-0.2, 0) is 18.3 Å². The van der Waals surface area contributed by atoms with Gasteiger partial charge in [0.2, 0.25) is 5.91 Å². The molecule has 2 rings (SSSR count). The van der Waals surface area contributed by atoms with Gasteiger partial charge in [-0.05, 0) is 37.4 Å². The molecule has 1 aliphatic rings. The topological polar surface area (TPSA) is 84.7 Å². The molecule has 1 amide bonds. The van der Waals surface area contributed by atoms with Crippen LogP contribution >= 0.6 is 0 Å². The molecule has 0 radical (unpaired) electrons. The highest BCUT2D eigenvalue weighted by Gasteiger charge is 2.27. The van der Waals surface area contributed by atoms with E-state index in [1.54, 1.807) is 7.05 Å². The van der Waals surface area contributed by atoms with E-state index in [0.717, 1.165) is 31.6 Å². The molecule has 0 aromatic carbocycles. The normalized spacial score (nSPS) is 23.9. The molecule has 2 heterocycles. The predicted octanol–water partition coefficient (Wildman–Crippen LogP) is -0.743. The predicted molar refractivity (Wildman–Crippen MR) is 65.7 cm³/mol. The lowest BCUT2D eigenvalue weighted by atomic mass is 9.89. The van der Waals surface area contributed by atoms with Gasteiger partial charge in [-0.3, -0.25) is 4.79 Å². The van der Waals surface area contributed by atoms with Gasteiger partial charge in [-0.2, -0.15) is 4.80 Å². The number of amides is 1. The molecule has 7 nitrogen and oxygen atoms in total. The van der Waals surface area contributed by atoms with Crippen molar-refractivity contribution in [2.24, 2.45) is 13.0 Å². The summed E-state index contributed by atoms with van der Waals surface area (Å²) in [4.78, 5) is 13.2. The fourth-order valence-electron chi connectivity index (χ4n) is 2.34. The maximum absolute atomic E-state index is 11.8. The van der Waals surface area contributed by atoms with Crippen molar-refractivity contribution in [2.75, 3.05) is 13.1 Å². The summed E-state index contributed by atoms with van der Waals surface area (Å²) in [5, 5.41) is 18.1. The van der Waals surface area contributed by atoms with Crippen molar-refractivity contribution in [2.45, 2.75) is 32.2 Å². The summed E-state index contributed by atoms with van der Waals surface area (Å²) in [6.45, 7) is 3.47. The van der Waals surface area contributed by atoms with Crippen molar-refractivity contribution in [1.29, 1.82) is 0 Å². The first kappa shape index (κ1) is 12.9. The minimum atomic E-state index is -0.0830. The average molecular weight is 252 g/mol. The first-order chi connectivity index (χ1) is 8.69. The lowest BCUT2D eigenvalue weighted by Gasteiger charge is -2.28. The van der Waals surface area contributed by atoms with E-state index in [9.17, 15) is 4.79 Å². The molecular weight excluding hydrogens is 232 g/mol. The van der Waals surface area contributed by atoms with Crippen LogP contribution < -0.4 is 10.6 Å². The van der Waals surface area contributed by atoms with Crippen LogP contribution in [0.4, 0.5) is 0 Å². The lowest BCUT2D eigenvalue weighted by Crippen LogP contribution is -2.49. The summed E-state index contributed by atoms with van der Waals surface area (Å²) >= 11 is 0. The number of carbonyl (C=O) groups excluding carboxylic acids is 1. The van der Waals surface area contributed by atoms with E-state index in [0.29, 0.717) is 12.5 Å². The third-order valence-electron chi connectivity index (χ3n) is 3.20. The summed E-state index contributed by atoms with van der Waals surface area (Å²) < 4.78 is 0. The number of nitrogens with zero attached hydrogens (tertiary/aromatic N) is 4. The zero-order chi connectivity index (χ0) is 13.0. The molecule has 0 bridgehead atoms. The van der Waals surface area contributed by atoms with Crippen LogP contribution in [0.1, 0.15) is 25.6 Å².